The van der Waals surface area contributed by atoms with Crippen LogP contribution in [-0.4, -0.2) is 41.8 Å². The van der Waals surface area contributed by atoms with Crippen LogP contribution in [0.2, 0.25) is 0 Å². The second-order valence-corrected chi connectivity index (χ2v) is 9.16. The highest BCUT2D eigenvalue weighted by molar-refractivity contribution is 5.86. The molecule has 180 valence electrons. The van der Waals surface area contributed by atoms with Gasteiger partial charge in [0, 0.05) is 12.0 Å². The summed E-state index contributed by atoms with van der Waals surface area (Å²) in [4.78, 5) is 37.2. The van der Waals surface area contributed by atoms with Gasteiger partial charge in [-0.1, -0.05) is 74.7 Å². The average Bonchev–Trinajstić information content (AvgIpc) is 3.16. The van der Waals surface area contributed by atoms with E-state index in [0.717, 1.165) is 35.1 Å². The highest BCUT2D eigenvalue weighted by Gasteiger charge is 2.34. The van der Waals surface area contributed by atoms with Gasteiger partial charge in [-0.15, -0.1) is 0 Å². The van der Waals surface area contributed by atoms with Gasteiger partial charge >= 0.3 is 12.1 Å². The van der Waals surface area contributed by atoms with Crippen molar-refractivity contribution in [3.63, 3.8) is 0 Å². The smallest absolute Gasteiger partial charge is 0.407 e. The lowest BCUT2D eigenvalue weighted by atomic mass is 9.84. The Balaban J connectivity index is 1.38. The highest BCUT2D eigenvalue weighted by Crippen LogP contribution is 2.44. The second-order valence-electron chi connectivity index (χ2n) is 9.16. The Morgan fingerprint density at radius 1 is 1.00 bits per heavy atom. The van der Waals surface area contributed by atoms with E-state index in [0.29, 0.717) is 25.7 Å². The number of hydrogen-bond donors (Lipinski definition) is 3. The third-order valence-electron chi connectivity index (χ3n) is 6.94. The number of aliphatic carboxylic acids is 1. The Labute approximate surface area is 199 Å². The van der Waals surface area contributed by atoms with Crippen LogP contribution in [0.3, 0.4) is 0 Å². The fourth-order valence-corrected chi connectivity index (χ4v) is 5.22. The van der Waals surface area contributed by atoms with Gasteiger partial charge < -0.3 is 20.5 Å². The van der Waals surface area contributed by atoms with E-state index in [-0.39, 0.29) is 18.4 Å². The number of benzene rings is 2. The van der Waals surface area contributed by atoms with Crippen LogP contribution in [0.25, 0.3) is 11.1 Å². The standard InChI is InChI=1S/C27H32N2O5/c1-2-9-24(25(30)28-23-15-8-7-14-21(23)26(31)32)29-27(33)34-16-22-19-12-5-3-10-17(19)18-11-4-6-13-20(18)22/h3-6,10-13,21-24H,2,7-9,14-16H2,1H3,(H,28,30)(H,29,33)(H,31,32)/t21-,23+,24+/m0/s1. The number of carbonyl (C=O) groups is 3. The number of alkyl carbamates (subject to hydrolysis) is 1. The fraction of sp³-hybridized carbons (Fsp3) is 0.444. The predicted molar refractivity (Wildman–Crippen MR) is 128 cm³/mol. The van der Waals surface area contributed by atoms with Crippen molar-refractivity contribution in [2.75, 3.05) is 6.61 Å². The molecule has 2 aromatic carbocycles. The number of ether oxygens (including phenoxy) is 1. The fourth-order valence-electron chi connectivity index (χ4n) is 5.22. The zero-order valence-electron chi connectivity index (χ0n) is 19.5. The molecule has 2 amide bonds. The highest BCUT2D eigenvalue weighted by atomic mass is 16.5. The van der Waals surface area contributed by atoms with E-state index >= 15 is 0 Å². The zero-order valence-corrected chi connectivity index (χ0v) is 19.5. The van der Waals surface area contributed by atoms with Crippen molar-refractivity contribution in [2.24, 2.45) is 5.92 Å². The van der Waals surface area contributed by atoms with Crippen LogP contribution in [0, 0.1) is 5.92 Å². The van der Waals surface area contributed by atoms with E-state index in [1.54, 1.807) is 0 Å². The second kappa shape index (κ2) is 10.7. The lowest BCUT2D eigenvalue weighted by Gasteiger charge is -2.30. The summed E-state index contributed by atoms with van der Waals surface area (Å²) in [5, 5.41) is 15.1. The number of carboxylic acids is 1. The van der Waals surface area contributed by atoms with Crippen LogP contribution in [0.4, 0.5) is 4.79 Å². The number of carbonyl (C=O) groups excluding carboxylic acids is 2. The normalized spacial score (nSPS) is 20.0. The molecule has 2 aliphatic carbocycles. The molecule has 0 bridgehead atoms. The van der Waals surface area contributed by atoms with E-state index < -0.39 is 30.1 Å². The van der Waals surface area contributed by atoms with Crippen molar-refractivity contribution >= 4 is 18.0 Å². The topological polar surface area (TPSA) is 105 Å². The van der Waals surface area contributed by atoms with Gasteiger partial charge in [-0.05, 0) is 41.5 Å². The van der Waals surface area contributed by atoms with Crippen molar-refractivity contribution in [3.8, 4) is 11.1 Å². The molecule has 2 aliphatic rings. The first-order valence-electron chi connectivity index (χ1n) is 12.1. The van der Waals surface area contributed by atoms with Crippen molar-refractivity contribution in [1.29, 1.82) is 0 Å². The molecule has 0 spiro atoms. The number of rotatable bonds is 8. The molecule has 7 heteroatoms. The Hall–Kier alpha value is -3.35. The molecule has 0 unspecified atom stereocenters. The largest absolute Gasteiger partial charge is 0.481 e. The lowest BCUT2D eigenvalue weighted by Crippen LogP contribution is -2.53. The summed E-state index contributed by atoms with van der Waals surface area (Å²) in [6.07, 6.45) is 3.40. The van der Waals surface area contributed by atoms with Gasteiger partial charge in [0.1, 0.15) is 12.6 Å². The van der Waals surface area contributed by atoms with Crippen LogP contribution in [0.5, 0.6) is 0 Å². The molecular weight excluding hydrogens is 432 g/mol. The number of fused-ring (bicyclic) bond motifs is 3. The van der Waals surface area contributed by atoms with Crippen molar-refractivity contribution < 1.29 is 24.2 Å². The molecule has 1 saturated carbocycles. The van der Waals surface area contributed by atoms with E-state index in [1.165, 1.54) is 0 Å². The van der Waals surface area contributed by atoms with Gasteiger partial charge in [-0.25, -0.2) is 4.79 Å². The van der Waals surface area contributed by atoms with Gasteiger partial charge in [-0.2, -0.15) is 0 Å². The molecule has 2 aromatic rings. The summed E-state index contributed by atoms with van der Waals surface area (Å²) < 4.78 is 5.59. The molecule has 0 saturated heterocycles. The minimum atomic E-state index is -0.887. The maximum atomic E-state index is 12.9. The summed E-state index contributed by atoms with van der Waals surface area (Å²) in [7, 11) is 0. The van der Waals surface area contributed by atoms with Crippen molar-refractivity contribution in [1.82, 2.24) is 10.6 Å². The molecule has 4 rings (SSSR count). The zero-order chi connectivity index (χ0) is 24.1. The molecule has 3 atom stereocenters. The van der Waals surface area contributed by atoms with Crippen LogP contribution >= 0.6 is 0 Å². The summed E-state index contributed by atoms with van der Waals surface area (Å²) in [5.41, 5.74) is 4.54. The number of hydrogen-bond acceptors (Lipinski definition) is 4. The Morgan fingerprint density at radius 3 is 2.24 bits per heavy atom. The molecule has 3 N–H and O–H groups in total. The van der Waals surface area contributed by atoms with E-state index in [9.17, 15) is 19.5 Å². The molecule has 0 aliphatic heterocycles. The van der Waals surface area contributed by atoms with Gasteiger partial charge in [0.2, 0.25) is 5.91 Å². The van der Waals surface area contributed by atoms with Crippen LogP contribution < -0.4 is 10.6 Å². The monoisotopic (exact) mass is 464 g/mol. The Kier molecular flexibility index (Phi) is 7.50. The first kappa shape index (κ1) is 23.8. The molecule has 1 fully saturated rings. The van der Waals surface area contributed by atoms with Gasteiger partial charge in [0.15, 0.2) is 0 Å². The first-order valence-corrected chi connectivity index (χ1v) is 12.1. The Bertz CT molecular complexity index is 1010. The first-order chi connectivity index (χ1) is 16.5. The summed E-state index contributed by atoms with van der Waals surface area (Å²) in [6.45, 7) is 2.10. The van der Waals surface area contributed by atoms with E-state index in [1.807, 2.05) is 31.2 Å². The quantitative estimate of drug-likeness (QED) is 0.535. The van der Waals surface area contributed by atoms with E-state index in [2.05, 4.69) is 34.9 Å². The summed E-state index contributed by atoms with van der Waals surface area (Å²) in [5.74, 6) is -1.89. The van der Waals surface area contributed by atoms with Crippen LogP contribution in [0.1, 0.15) is 62.5 Å². The maximum Gasteiger partial charge on any atom is 0.407 e. The number of amides is 2. The third-order valence-corrected chi connectivity index (χ3v) is 6.94. The van der Waals surface area contributed by atoms with Gasteiger partial charge in [0.05, 0.1) is 5.92 Å². The minimum Gasteiger partial charge on any atom is -0.481 e. The minimum absolute atomic E-state index is 0.0600. The van der Waals surface area contributed by atoms with Crippen LogP contribution in [-0.2, 0) is 14.3 Å². The molecule has 0 aromatic heterocycles. The summed E-state index contributed by atoms with van der Waals surface area (Å²) in [6, 6.07) is 15.0. The number of nitrogens with one attached hydrogen (secondary N) is 2. The van der Waals surface area contributed by atoms with Crippen molar-refractivity contribution in [3.05, 3.63) is 59.7 Å². The third kappa shape index (κ3) is 5.08. The van der Waals surface area contributed by atoms with Crippen LogP contribution in [0.15, 0.2) is 48.5 Å². The lowest BCUT2D eigenvalue weighted by molar-refractivity contribution is -0.144. The van der Waals surface area contributed by atoms with Gasteiger partial charge in [-0.3, -0.25) is 9.59 Å². The SMILES string of the molecule is CCC[C@@H](NC(=O)OCC1c2ccccc2-c2ccccc21)C(=O)N[C@@H]1CCCC[C@@H]1C(=O)O. The molecule has 0 heterocycles. The average molecular weight is 465 g/mol. The summed E-state index contributed by atoms with van der Waals surface area (Å²) >= 11 is 0. The molecular formula is C27H32N2O5. The maximum absolute atomic E-state index is 12.9. The van der Waals surface area contributed by atoms with Gasteiger partial charge in [0.25, 0.3) is 0 Å². The molecule has 34 heavy (non-hydrogen) atoms. The molecule has 0 radical (unpaired) electrons. The number of carboxylic acid groups (broad SMARTS) is 1. The van der Waals surface area contributed by atoms with E-state index in [4.69, 9.17) is 4.74 Å². The Morgan fingerprint density at radius 2 is 1.62 bits per heavy atom. The predicted octanol–water partition coefficient (Wildman–Crippen LogP) is 4.45. The van der Waals surface area contributed by atoms with Crippen molar-refractivity contribution in [2.45, 2.75) is 63.5 Å². The molecule has 7 nitrogen and oxygen atoms in total.